The molecule has 0 amide bonds. The largest absolute Gasteiger partial charge is 0.178 e. The van der Waals surface area contributed by atoms with Gasteiger partial charge in [0.2, 0.25) is 0 Å². The van der Waals surface area contributed by atoms with Crippen LogP contribution in [0.2, 0.25) is 0 Å². The van der Waals surface area contributed by atoms with E-state index in [1.54, 1.807) is 16.6 Å². The zero-order chi connectivity index (χ0) is 6.11. The van der Waals surface area contributed by atoms with Gasteiger partial charge in [-0.1, -0.05) is 19.8 Å². The van der Waals surface area contributed by atoms with E-state index >= 15 is 0 Å². The van der Waals surface area contributed by atoms with E-state index in [1.807, 2.05) is 0 Å². The van der Waals surface area contributed by atoms with Crippen LogP contribution in [0.25, 0.3) is 0 Å². The van der Waals surface area contributed by atoms with Crippen LogP contribution in [0.1, 0.15) is 26.2 Å². The van der Waals surface area contributed by atoms with Gasteiger partial charge in [-0.05, 0) is 6.42 Å². The lowest BCUT2D eigenvalue weighted by Gasteiger charge is -2.21. The van der Waals surface area contributed by atoms with Gasteiger partial charge < -0.3 is 0 Å². The van der Waals surface area contributed by atoms with Crippen LogP contribution in [0.5, 0.6) is 0 Å². The molecule has 0 aromatic carbocycles. The van der Waals surface area contributed by atoms with Crippen LogP contribution in [-0.2, 0) is 0 Å². The second-order valence-corrected chi connectivity index (χ2v) is 14.3. The molecule has 0 unspecified atom stereocenters. The van der Waals surface area contributed by atoms with Gasteiger partial charge in [0.1, 0.15) is 0 Å². The molecular weight excluding hydrogens is 148 g/mol. The molecule has 0 aliphatic carbocycles. The summed E-state index contributed by atoms with van der Waals surface area (Å²) in [4.78, 5) is 0. The molecule has 54 valence electrons. The molecule has 3 aliphatic heterocycles. The monoisotopic (exact) mass is 162 g/mol. The van der Waals surface area contributed by atoms with Crippen molar-refractivity contribution in [2.45, 2.75) is 30.8 Å². The van der Waals surface area contributed by atoms with Crippen LogP contribution in [0, 0.1) is 0 Å². The lowest BCUT2D eigenvalue weighted by Crippen LogP contribution is -2.08. The maximum atomic E-state index is 2.32. The average Bonchev–Trinajstić information content (AvgIpc) is 2.49. The lowest BCUT2D eigenvalue weighted by atomic mass is 10.3. The molecule has 3 fully saturated rings. The Labute approximate surface area is 59.4 Å². The zero-order valence-corrected chi connectivity index (χ0v) is 7.56. The average molecular weight is 162 g/mol. The fraction of sp³-hybridized carbons (Fsp3) is 1.00. The predicted octanol–water partition coefficient (Wildman–Crippen LogP) is 2.98. The van der Waals surface area contributed by atoms with Gasteiger partial charge in [-0.3, -0.25) is 0 Å². The van der Waals surface area contributed by atoms with Crippen molar-refractivity contribution < 1.29 is 0 Å². The van der Waals surface area contributed by atoms with Gasteiger partial charge in [-0.2, -0.15) is 18.1 Å². The molecule has 3 saturated heterocycles. The van der Waals surface area contributed by atoms with Gasteiger partial charge in [-0.25, -0.2) is 0 Å². The van der Waals surface area contributed by atoms with E-state index in [0.717, 1.165) is 0 Å². The van der Waals surface area contributed by atoms with E-state index in [-0.39, 0.29) is 0 Å². The summed E-state index contributed by atoms with van der Waals surface area (Å²) >= 11 is 0. The number of unbranched alkanes of at least 4 members (excludes halogenated alkanes) is 1. The summed E-state index contributed by atoms with van der Waals surface area (Å²) in [6.45, 7) is 2.32. The van der Waals surface area contributed by atoms with Crippen LogP contribution in [0.15, 0.2) is 0 Å². The van der Waals surface area contributed by atoms with E-state index in [1.165, 1.54) is 17.4 Å². The molecule has 2 heteroatoms. The summed E-state index contributed by atoms with van der Waals surface area (Å²) in [5, 5.41) is 3.60. The zero-order valence-electron chi connectivity index (χ0n) is 5.93. The predicted molar refractivity (Wildman–Crippen MR) is 48.2 cm³/mol. The van der Waals surface area contributed by atoms with Crippen molar-refractivity contribution in [1.29, 1.82) is 0 Å². The molecule has 0 atom stereocenters. The maximum Gasteiger partial charge on any atom is 0.0361 e. The van der Waals surface area contributed by atoms with E-state index in [0.29, 0.717) is 18.1 Å². The van der Waals surface area contributed by atoms with Crippen molar-refractivity contribution in [3.63, 3.8) is 0 Å². The Kier molecular flexibility index (Phi) is 0.717. The molecular formula is C7H14S2. The van der Waals surface area contributed by atoms with Gasteiger partial charge in [0, 0.05) is 14.8 Å². The first-order valence-electron chi connectivity index (χ1n) is 3.91. The van der Waals surface area contributed by atoms with Gasteiger partial charge in [0.25, 0.3) is 0 Å². The summed E-state index contributed by atoms with van der Waals surface area (Å²) < 4.78 is 1.41. The quantitative estimate of drug-likeness (QED) is 0.442. The highest BCUT2D eigenvalue weighted by atomic mass is 33.3. The number of hydrogen-bond donors (Lipinski definition) is 0. The van der Waals surface area contributed by atoms with Crippen LogP contribution < -0.4 is 0 Å². The summed E-state index contributed by atoms with van der Waals surface area (Å²) in [5.74, 6) is 0. The smallest absolute Gasteiger partial charge is 0.0361 e. The van der Waals surface area contributed by atoms with Gasteiger partial charge in [-0.15, -0.1) is 0 Å². The third-order valence-electron chi connectivity index (χ3n) is 3.05. The summed E-state index contributed by atoms with van der Waals surface area (Å²) in [6, 6.07) is 0. The minimum absolute atomic E-state index is 0.366. The lowest BCUT2D eigenvalue weighted by molar-refractivity contribution is 0.761. The van der Waals surface area contributed by atoms with Crippen molar-refractivity contribution in [3.8, 4) is 0 Å². The summed E-state index contributed by atoms with van der Waals surface area (Å²) in [5.41, 5.74) is 0. The molecule has 0 saturated carbocycles. The van der Waals surface area contributed by atoms with E-state index < -0.39 is 0 Å². The minimum atomic E-state index is 0.366. The molecule has 3 heterocycles. The second-order valence-electron chi connectivity index (χ2n) is 3.55. The third kappa shape index (κ3) is 0.389. The molecule has 0 N–H and O–H groups in total. The van der Waals surface area contributed by atoms with Crippen LogP contribution in [0.4, 0.5) is 0 Å². The second kappa shape index (κ2) is 1.20. The highest BCUT2D eigenvalue weighted by Gasteiger charge is 2.97. The Morgan fingerprint density at radius 1 is 1.33 bits per heavy atom. The summed E-state index contributed by atoms with van der Waals surface area (Å²) in [7, 11) is 0.732. The highest BCUT2D eigenvalue weighted by molar-refractivity contribution is 9.49. The van der Waals surface area contributed by atoms with E-state index in [2.05, 4.69) is 6.92 Å². The Bertz CT molecular complexity index is 156. The fourth-order valence-corrected chi connectivity index (χ4v) is 20.6. The van der Waals surface area contributed by atoms with Gasteiger partial charge in [0.15, 0.2) is 0 Å². The van der Waals surface area contributed by atoms with Gasteiger partial charge in [0.05, 0.1) is 0 Å². The molecule has 3 rings (SSSR count). The minimum Gasteiger partial charge on any atom is -0.178 e. The molecule has 0 bridgehead atoms. The first-order chi connectivity index (χ1) is 4.36. The third-order valence-corrected chi connectivity index (χ3v) is 18.7. The Morgan fingerprint density at radius 2 is 2.00 bits per heavy atom. The van der Waals surface area contributed by atoms with Crippen molar-refractivity contribution in [3.05, 3.63) is 0 Å². The van der Waals surface area contributed by atoms with Crippen LogP contribution in [0.3, 0.4) is 0 Å². The van der Waals surface area contributed by atoms with Crippen molar-refractivity contribution in [2.75, 3.05) is 10.2 Å². The molecule has 9 heavy (non-hydrogen) atoms. The Morgan fingerprint density at radius 3 is 2.33 bits per heavy atom. The molecule has 0 radical (unpaired) electrons. The first kappa shape index (κ1) is 5.36. The fourth-order valence-electron chi connectivity index (χ4n) is 2.09. The van der Waals surface area contributed by atoms with Crippen LogP contribution in [-0.4, -0.2) is 14.8 Å². The summed E-state index contributed by atoms with van der Waals surface area (Å²) in [6.07, 6.45) is 4.61. The molecule has 0 spiro atoms. The van der Waals surface area contributed by atoms with Crippen LogP contribution >= 0.6 is 18.1 Å². The Hall–Kier alpha value is 0.700. The Balaban J connectivity index is 1.54. The van der Waals surface area contributed by atoms with Crippen molar-refractivity contribution in [1.82, 2.24) is 0 Å². The number of hydrogen-bond acceptors (Lipinski definition) is 0. The van der Waals surface area contributed by atoms with E-state index in [4.69, 9.17) is 0 Å². The van der Waals surface area contributed by atoms with Crippen molar-refractivity contribution >= 4 is 18.1 Å². The highest BCUT2D eigenvalue weighted by Crippen LogP contribution is 3.38. The van der Waals surface area contributed by atoms with Gasteiger partial charge >= 0.3 is 0 Å². The topological polar surface area (TPSA) is 0 Å². The first-order valence-corrected chi connectivity index (χ1v) is 8.49. The van der Waals surface area contributed by atoms with Crippen molar-refractivity contribution in [2.24, 2.45) is 0 Å². The molecule has 0 aromatic heterocycles. The molecule has 0 aromatic rings. The molecule has 3 aliphatic rings. The standard InChI is InChI=1S/C7H14S2/c1-2-3-4-7-8-5-9(7,8)6-8/h7H,2-6H2,1H3. The maximum absolute atomic E-state index is 2.32. The normalized spacial score (nSPS) is 78.6. The molecule has 0 nitrogen and oxygen atoms in total. The SMILES string of the molecule is CCCCC1S23CS12C3. The number of rotatable bonds is 3. The van der Waals surface area contributed by atoms with E-state index in [9.17, 15) is 0 Å².